The van der Waals surface area contributed by atoms with Crippen molar-refractivity contribution in [2.24, 2.45) is 0 Å². The molecule has 82 valence electrons. The molecule has 0 saturated heterocycles. The van der Waals surface area contributed by atoms with Gasteiger partial charge in [0, 0.05) is 25.5 Å². The highest BCUT2D eigenvalue weighted by atomic mass is 16.2. The van der Waals surface area contributed by atoms with Gasteiger partial charge in [-0.25, -0.2) is 4.79 Å². The third kappa shape index (κ3) is 3.53. The Hall–Kier alpha value is -1.65. The molecular weight excluding hydrogens is 192 g/mol. The summed E-state index contributed by atoms with van der Waals surface area (Å²) in [6, 6.07) is -0.0642. The number of carbonyl (C=O) groups is 1. The van der Waals surface area contributed by atoms with E-state index in [1.54, 1.807) is 23.5 Å². The number of rotatable bonds is 4. The van der Waals surface area contributed by atoms with Crippen LogP contribution in [0.4, 0.5) is 4.79 Å². The molecule has 2 amide bonds. The monoisotopic (exact) mass is 208 g/mol. The van der Waals surface area contributed by atoms with Gasteiger partial charge in [-0.2, -0.15) is 0 Å². The predicted octanol–water partition coefficient (Wildman–Crippen LogP) is 1.03. The molecule has 0 aromatic carbocycles. The molecule has 1 aromatic rings. The molecule has 0 radical (unpaired) electrons. The van der Waals surface area contributed by atoms with Crippen LogP contribution in [0, 0.1) is 0 Å². The first-order valence-corrected chi connectivity index (χ1v) is 5.05. The first kappa shape index (κ1) is 11.4. The number of amides is 2. The minimum absolute atomic E-state index is 0.0642. The fourth-order valence-corrected chi connectivity index (χ4v) is 1.21. The van der Waals surface area contributed by atoms with Crippen LogP contribution in [0.25, 0.3) is 0 Å². The van der Waals surface area contributed by atoms with E-state index in [2.05, 4.69) is 15.3 Å². The Kier molecular flexibility index (Phi) is 4.53. The lowest BCUT2D eigenvalue weighted by atomic mass is 10.4. The van der Waals surface area contributed by atoms with Crippen LogP contribution in [0.3, 0.4) is 0 Å². The van der Waals surface area contributed by atoms with Crippen molar-refractivity contribution in [1.29, 1.82) is 0 Å². The molecule has 0 unspecified atom stereocenters. The first-order chi connectivity index (χ1) is 7.27. The van der Waals surface area contributed by atoms with E-state index in [0.717, 1.165) is 5.69 Å². The van der Waals surface area contributed by atoms with Gasteiger partial charge < -0.3 is 10.2 Å². The maximum absolute atomic E-state index is 11.5. The van der Waals surface area contributed by atoms with E-state index in [1.807, 2.05) is 13.8 Å². The van der Waals surface area contributed by atoms with Crippen molar-refractivity contribution in [1.82, 2.24) is 20.2 Å². The Bertz CT molecular complexity index is 298. The summed E-state index contributed by atoms with van der Waals surface area (Å²) in [5.41, 5.74) is 0.762. The number of nitrogens with one attached hydrogen (secondary N) is 1. The SMILES string of the molecule is CCN(CC)C(=O)NCc1cnccn1. The minimum atomic E-state index is -0.0642. The highest BCUT2D eigenvalue weighted by molar-refractivity contribution is 5.73. The summed E-state index contributed by atoms with van der Waals surface area (Å²) in [4.78, 5) is 21.3. The van der Waals surface area contributed by atoms with Crippen molar-refractivity contribution in [3.8, 4) is 0 Å². The summed E-state index contributed by atoms with van der Waals surface area (Å²) in [6.45, 7) is 5.74. The summed E-state index contributed by atoms with van der Waals surface area (Å²) in [6.07, 6.45) is 4.86. The van der Waals surface area contributed by atoms with E-state index in [1.165, 1.54) is 0 Å². The Labute approximate surface area is 89.5 Å². The van der Waals surface area contributed by atoms with E-state index in [9.17, 15) is 4.79 Å². The molecule has 0 aliphatic rings. The highest BCUT2D eigenvalue weighted by Gasteiger charge is 2.07. The van der Waals surface area contributed by atoms with Crippen molar-refractivity contribution < 1.29 is 4.79 Å². The summed E-state index contributed by atoms with van der Waals surface area (Å²) in [5, 5.41) is 2.79. The Morgan fingerprint density at radius 2 is 2.13 bits per heavy atom. The van der Waals surface area contributed by atoms with Crippen molar-refractivity contribution in [2.45, 2.75) is 20.4 Å². The Morgan fingerprint density at radius 1 is 1.40 bits per heavy atom. The summed E-state index contributed by atoms with van der Waals surface area (Å²) < 4.78 is 0. The van der Waals surface area contributed by atoms with Gasteiger partial charge in [0.25, 0.3) is 0 Å². The molecule has 0 fully saturated rings. The first-order valence-electron chi connectivity index (χ1n) is 5.05. The van der Waals surface area contributed by atoms with E-state index < -0.39 is 0 Å². The molecule has 15 heavy (non-hydrogen) atoms. The van der Waals surface area contributed by atoms with Crippen LogP contribution in [0.5, 0.6) is 0 Å². The second-order valence-electron chi connectivity index (χ2n) is 3.03. The lowest BCUT2D eigenvalue weighted by Crippen LogP contribution is -2.39. The summed E-state index contributed by atoms with van der Waals surface area (Å²) in [7, 11) is 0. The van der Waals surface area contributed by atoms with Crippen LogP contribution in [0.15, 0.2) is 18.6 Å². The maximum Gasteiger partial charge on any atom is 0.317 e. The normalized spacial score (nSPS) is 9.73. The van der Waals surface area contributed by atoms with Gasteiger partial charge in [-0.15, -0.1) is 0 Å². The second-order valence-corrected chi connectivity index (χ2v) is 3.03. The van der Waals surface area contributed by atoms with Gasteiger partial charge in [0.1, 0.15) is 0 Å². The smallest absolute Gasteiger partial charge is 0.317 e. The van der Waals surface area contributed by atoms with Crippen molar-refractivity contribution in [3.05, 3.63) is 24.3 Å². The molecule has 1 rings (SSSR count). The van der Waals surface area contributed by atoms with Gasteiger partial charge in [0.2, 0.25) is 0 Å². The van der Waals surface area contributed by atoms with Gasteiger partial charge in [-0.05, 0) is 13.8 Å². The molecule has 0 atom stereocenters. The molecule has 1 N–H and O–H groups in total. The molecule has 1 aromatic heterocycles. The molecule has 0 saturated carbocycles. The zero-order valence-electron chi connectivity index (χ0n) is 9.10. The topological polar surface area (TPSA) is 58.1 Å². The van der Waals surface area contributed by atoms with Gasteiger partial charge >= 0.3 is 6.03 Å². The number of hydrogen-bond acceptors (Lipinski definition) is 3. The van der Waals surface area contributed by atoms with Crippen LogP contribution < -0.4 is 5.32 Å². The zero-order chi connectivity index (χ0) is 11.1. The fraction of sp³-hybridized carbons (Fsp3) is 0.500. The minimum Gasteiger partial charge on any atom is -0.332 e. The van der Waals surface area contributed by atoms with E-state index in [-0.39, 0.29) is 6.03 Å². The highest BCUT2D eigenvalue weighted by Crippen LogP contribution is 1.92. The van der Waals surface area contributed by atoms with Crippen LogP contribution in [0.1, 0.15) is 19.5 Å². The standard InChI is InChI=1S/C10H16N4O/c1-3-14(4-2)10(15)13-8-9-7-11-5-6-12-9/h5-7H,3-4,8H2,1-2H3,(H,13,15). The number of aromatic nitrogens is 2. The van der Waals surface area contributed by atoms with Crippen molar-refractivity contribution in [3.63, 3.8) is 0 Å². The lowest BCUT2D eigenvalue weighted by molar-refractivity contribution is 0.202. The van der Waals surface area contributed by atoms with Gasteiger partial charge in [0.15, 0.2) is 0 Å². The molecule has 0 aliphatic heterocycles. The predicted molar refractivity (Wildman–Crippen MR) is 57.2 cm³/mol. The van der Waals surface area contributed by atoms with Crippen LogP contribution in [0.2, 0.25) is 0 Å². The number of carbonyl (C=O) groups excluding carboxylic acids is 1. The molecule has 0 bridgehead atoms. The lowest BCUT2D eigenvalue weighted by Gasteiger charge is -2.18. The average molecular weight is 208 g/mol. The molecule has 0 spiro atoms. The molecule has 0 aliphatic carbocycles. The average Bonchev–Trinajstić information content (AvgIpc) is 2.29. The molecule has 5 nitrogen and oxygen atoms in total. The van der Waals surface area contributed by atoms with E-state index in [4.69, 9.17) is 0 Å². The van der Waals surface area contributed by atoms with Gasteiger partial charge in [-0.1, -0.05) is 0 Å². The summed E-state index contributed by atoms with van der Waals surface area (Å²) >= 11 is 0. The third-order valence-corrected chi connectivity index (χ3v) is 2.09. The number of urea groups is 1. The van der Waals surface area contributed by atoms with Crippen LogP contribution in [-0.2, 0) is 6.54 Å². The maximum atomic E-state index is 11.5. The Balaban J connectivity index is 2.40. The summed E-state index contributed by atoms with van der Waals surface area (Å²) in [5.74, 6) is 0. The third-order valence-electron chi connectivity index (χ3n) is 2.09. The largest absolute Gasteiger partial charge is 0.332 e. The van der Waals surface area contributed by atoms with Gasteiger partial charge in [-0.3, -0.25) is 9.97 Å². The van der Waals surface area contributed by atoms with Crippen molar-refractivity contribution >= 4 is 6.03 Å². The molecule has 5 heteroatoms. The van der Waals surface area contributed by atoms with Gasteiger partial charge in [0.05, 0.1) is 18.4 Å². The quantitative estimate of drug-likeness (QED) is 0.804. The van der Waals surface area contributed by atoms with E-state index >= 15 is 0 Å². The Morgan fingerprint density at radius 3 is 2.67 bits per heavy atom. The van der Waals surface area contributed by atoms with Crippen LogP contribution >= 0.6 is 0 Å². The molecule has 1 heterocycles. The van der Waals surface area contributed by atoms with E-state index in [0.29, 0.717) is 19.6 Å². The van der Waals surface area contributed by atoms with Crippen molar-refractivity contribution in [2.75, 3.05) is 13.1 Å². The second kappa shape index (κ2) is 5.95. The zero-order valence-corrected chi connectivity index (χ0v) is 9.10. The number of hydrogen-bond donors (Lipinski definition) is 1. The fourth-order valence-electron chi connectivity index (χ4n) is 1.21. The molecular formula is C10H16N4O. The number of nitrogens with zero attached hydrogens (tertiary/aromatic N) is 3. The van der Waals surface area contributed by atoms with Crippen LogP contribution in [-0.4, -0.2) is 34.0 Å².